The number of fused-ring (bicyclic) bond motifs is 1. The van der Waals surface area contributed by atoms with Gasteiger partial charge in [0.2, 0.25) is 11.8 Å². The highest BCUT2D eigenvalue weighted by Gasteiger charge is 2.32. The largest absolute Gasteiger partial charge is 0.376 e. The maximum Gasteiger partial charge on any atom is 0.247 e. The van der Waals surface area contributed by atoms with Crippen LogP contribution in [0, 0.1) is 12.7 Å². The Morgan fingerprint density at radius 3 is 2.61 bits per heavy atom. The van der Waals surface area contributed by atoms with Crippen molar-refractivity contribution in [1.82, 2.24) is 25.2 Å². The molecule has 0 spiro atoms. The molecule has 196 valence electrons. The maximum absolute atomic E-state index is 13.9. The number of halogens is 1. The Morgan fingerprint density at radius 1 is 1.11 bits per heavy atom. The monoisotopic (exact) mass is 515 g/mol. The van der Waals surface area contributed by atoms with Crippen LogP contribution in [-0.2, 0) is 27.4 Å². The highest BCUT2D eigenvalue weighted by Crippen LogP contribution is 2.26. The van der Waals surface area contributed by atoms with Gasteiger partial charge < -0.3 is 15.0 Å². The van der Waals surface area contributed by atoms with Crippen LogP contribution in [0.1, 0.15) is 35.6 Å². The minimum absolute atomic E-state index is 0.0413. The van der Waals surface area contributed by atoms with Crippen molar-refractivity contribution >= 4 is 22.8 Å². The summed E-state index contributed by atoms with van der Waals surface area (Å²) in [5, 5.41) is 11.3. The molecule has 1 N–H and O–H groups in total. The van der Waals surface area contributed by atoms with Gasteiger partial charge in [-0.1, -0.05) is 59.3 Å². The molecule has 2 atom stereocenters. The van der Waals surface area contributed by atoms with E-state index in [9.17, 15) is 14.0 Å². The van der Waals surface area contributed by atoms with E-state index in [-0.39, 0.29) is 36.8 Å². The third kappa shape index (κ3) is 5.89. The van der Waals surface area contributed by atoms with E-state index in [2.05, 4.69) is 15.6 Å². The van der Waals surface area contributed by atoms with Crippen molar-refractivity contribution in [2.24, 2.45) is 0 Å². The minimum atomic E-state index is -0.913. The van der Waals surface area contributed by atoms with Crippen LogP contribution in [0.3, 0.4) is 0 Å². The lowest BCUT2D eigenvalue weighted by Crippen LogP contribution is -2.46. The van der Waals surface area contributed by atoms with Gasteiger partial charge in [0.25, 0.3) is 0 Å². The molecule has 1 fully saturated rings. The normalized spacial score (nSPS) is 15.9. The van der Waals surface area contributed by atoms with Gasteiger partial charge in [0, 0.05) is 19.7 Å². The van der Waals surface area contributed by atoms with E-state index in [1.54, 1.807) is 12.1 Å². The number of aryl methyl sites for hydroxylation is 1. The highest BCUT2D eigenvalue weighted by atomic mass is 19.1. The Bertz CT molecular complexity index is 1400. The average molecular weight is 516 g/mol. The fourth-order valence-corrected chi connectivity index (χ4v) is 4.70. The molecule has 5 rings (SSSR count). The van der Waals surface area contributed by atoms with Crippen LogP contribution in [0.5, 0.6) is 0 Å². The number of aromatic nitrogens is 3. The standard InChI is InChI=1S/C29H30FN5O3/c1-20-8-12-22(13-9-20)28(29(37)31-17-24-5-4-16-38-24)34(18-21-10-14-23(30)15-11-21)27(36)19-35-26-7-3-2-6-25(26)32-33-35/h2-3,6-15,24,28H,4-5,16-19H2,1H3,(H,31,37)/t24-,28+/m0/s1. The number of hydrogen-bond donors (Lipinski definition) is 1. The van der Waals surface area contributed by atoms with Crippen LogP contribution in [-0.4, -0.2) is 51.0 Å². The Labute approximate surface area is 220 Å². The number of carbonyl (C=O) groups is 2. The third-order valence-corrected chi connectivity index (χ3v) is 6.77. The van der Waals surface area contributed by atoms with Gasteiger partial charge in [-0.15, -0.1) is 5.10 Å². The summed E-state index contributed by atoms with van der Waals surface area (Å²) in [6.45, 7) is 3.02. The zero-order chi connectivity index (χ0) is 26.5. The fourth-order valence-electron chi connectivity index (χ4n) is 4.70. The van der Waals surface area contributed by atoms with Crippen molar-refractivity contribution in [3.8, 4) is 0 Å². The molecule has 2 amide bonds. The van der Waals surface area contributed by atoms with Gasteiger partial charge in [-0.25, -0.2) is 9.07 Å². The summed E-state index contributed by atoms with van der Waals surface area (Å²) >= 11 is 0. The maximum atomic E-state index is 13.9. The number of nitrogens with one attached hydrogen (secondary N) is 1. The Hall–Kier alpha value is -4.11. The molecule has 0 unspecified atom stereocenters. The van der Waals surface area contributed by atoms with Crippen LogP contribution in [0.4, 0.5) is 4.39 Å². The number of hydrogen-bond acceptors (Lipinski definition) is 5. The number of para-hydroxylation sites is 1. The molecule has 38 heavy (non-hydrogen) atoms. The van der Waals surface area contributed by atoms with E-state index in [1.807, 2.05) is 55.5 Å². The van der Waals surface area contributed by atoms with Crippen LogP contribution in [0.25, 0.3) is 11.0 Å². The quantitative estimate of drug-likeness (QED) is 0.365. The SMILES string of the molecule is Cc1ccc([C@H](C(=O)NC[C@@H]2CCCO2)N(Cc2ccc(F)cc2)C(=O)Cn2nnc3ccccc32)cc1. The number of amides is 2. The second-order valence-corrected chi connectivity index (χ2v) is 9.58. The predicted molar refractivity (Wildman–Crippen MR) is 140 cm³/mol. The summed E-state index contributed by atoms with van der Waals surface area (Å²) in [6, 6.07) is 20.0. The smallest absolute Gasteiger partial charge is 0.247 e. The number of rotatable bonds is 9. The van der Waals surface area contributed by atoms with Gasteiger partial charge in [-0.2, -0.15) is 0 Å². The molecule has 0 saturated carbocycles. The molecule has 1 saturated heterocycles. The first kappa shape index (κ1) is 25.5. The van der Waals surface area contributed by atoms with Gasteiger partial charge in [0.1, 0.15) is 23.9 Å². The van der Waals surface area contributed by atoms with Crippen LogP contribution >= 0.6 is 0 Å². The van der Waals surface area contributed by atoms with E-state index in [0.29, 0.717) is 29.8 Å². The molecule has 8 nitrogen and oxygen atoms in total. The fraction of sp³-hybridized carbons (Fsp3) is 0.310. The van der Waals surface area contributed by atoms with E-state index >= 15 is 0 Å². The lowest BCUT2D eigenvalue weighted by atomic mass is 10.0. The summed E-state index contributed by atoms with van der Waals surface area (Å²) in [5.74, 6) is -0.990. The number of nitrogens with zero attached hydrogens (tertiary/aromatic N) is 4. The highest BCUT2D eigenvalue weighted by molar-refractivity contribution is 5.89. The molecule has 1 aromatic heterocycles. The first-order chi connectivity index (χ1) is 18.5. The molecular formula is C29H30FN5O3. The van der Waals surface area contributed by atoms with E-state index in [1.165, 1.54) is 21.7 Å². The van der Waals surface area contributed by atoms with Crippen molar-refractivity contribution in [3.05, 3.63) is 95.3 Å². The summed E-state index contributed by atoms with van der Waals surface area (Å²) in [5.41, 5.74) is 3.82. The topological polar surface area (TPSA) is 89.4 Å². The van der Waals surface area contributed by atoms with Crippen molar-refractivity contribution in [1.29, 1.82) is 0 Å². The third-order valence-electron chi connectivity index (χ3n) is 6.77. The van der Waals surface area contributed by atoms with Gasteiger partial charge in [-0.05, 0) is 55.2 Å². The molecule has 3 aromatic carbocycles. The lowest BCUT2D eigenvalue weighted by molar-refractivity contribution is -0.142. The molecule has 1 aliphatic heterocycles. The first-order valence-electron chi connectivity index (χ1n) is 12.8. The Kier molecular flexibility index (Phi) is 7.74. The molecule has 9 heteroatoms. The molecular weight excluding hydrogens is 485 g/mol. The van der Waals surface area contributed by atoms with Crippen molar-refractivity contribution in [2.75, 3.05) is 13.2 Å². The number of ether oxygens (including phenoxy) is 1. The predicted octanol–water partition coefficient (Wildman–Crippen LogP) is 3.94. The van der Waals surface area contributed by atoms with E-state index < -0.39 is 6.04 Å². The van der Waals surface area contributed by atoms with Crippen molar-refractivity contribution < 1.29 is 18.7 Å². The summed E-state index contributed by atoms with van der Waals surface area (Å²) in [4.78, 5) is 29.2. The Balaban J connectivity index is 1.49. The first-order valence-corrected chi connectivity index (χ1v) is 12.8. The van der Waals surface area contributed by atoms with Crippen molar-refractivity contribution in [3.63, 3.8) is 0 Å². The Morgan fingerprint density at radius 2 is 1.87 bits per heavy atom. The average Bonchev–Trinajstić information content (AvgIpc) is 3.60. The van der Waals surface area contributed by atoms with E-state index in [0.717, 1.165) is 23.9 Å². The zero-order valence-electron chi connectivity index (χ0n) is 21.2. The van der Waals surface area contributed by atoms with Crippen molar-refractivity contribution in [2.45, 2.75) is 45.0 Å². The second kappa shape index (κ2) is 11.5. The minimum Gasteiger partial charge on any atom is -0.376 e. The summed E-state index contributed by atoms with van der Waals surface area (Å²) < 4.78 is 20.9. The van der Waals surface area contributed by atoms with Gasteiger partial charge in [0.05, 0.1) is 11.6 Å². The van der Waals surface area contributed by atoms with Gasteiger partial charge >= 0.3 is 0 Å². The van der Waals surface area contributed by atoms with Gasteiger partial charge in [-0.3, -0.25) is 9.59 Å². The number of carbonyl (C=O) groups excluding carboxylic acids is 2. The molecule has 0 bridgehead atoms. The second-order valence-electron chi connectivity index (χ2n) is 9.58. The van der Waals surface area contributed by atoms with Crippen LogP contribution in [0.15, 0.2) is 72.8 Å². The number of benzene rings is 3. The molecule has 0 aliphatic carbocycles. The molecule has 1 aliphatic rings. The molecule has 4 aromatic rings. The van der Waals surface area contributed by atoms with Crippen LogP contribution < -0.4 is 5.32 Å². The molecule has 0 radical (unpaired) electrons. The zero-order valence-corrected chi connectivity index (χ0v) is 21.2. The summed E-state index contributed by atoms with van der Waals surface area (Å²) in [7, 11) is 0. The lowest BCUT2D eigenvalue weighted by Gasteiger charge is -2.32. The summed E-state index contributed by atoms with van der Waals surface area (Å²) in [6.07, 6.45) is 1.80. The molecule has 2 heterocycles. The van der Waals surface area contributed by atoms with Crippen LogP contribution in [0.2, 0.25) is 0 Å². The van der Waals surface area contributed by atoms with Gasteiger partial charge in [0.15, 0.2) is 0 Å². The van der Waals surface area contributed by atoms with E-state index in [4.69, 9.17) is 4.74 Å².